The average Bonchev–Trinajstić information content (AvgIpc) is 3.01. The van der Waals surface area contributed by atoms with E-state index in [2.05, 4.69) is 0 Å². The first kappa shape index (κ1) is 16.4. The van der Waals surface area contributed by atoms with Crippen LogP contribution in [0.25, 0.3) is 0 Å². The van der Waals surface area contributed by atoms with Crippen molar-refractivity contribution in [1.82, 2.24) is 4.90 Å². The minimum atomic E-state index is -3.17. The highest BCUT2D eigenvalue weighted by Crippen LogP contribution is 2.36. The van der Waals surface area contributed by atoms with Gasteiger partial charge in [0.15, 0.2) is 9.84 Å². The molecular formula is C18H17ClN2O3S. The van der Waals surface area contributed by atoms with Gasteiger partial charge in [-0.25, -0.2) is 13.2 Å². The lowest BCUT2D eigenvalue weighted by molar-refractivity contribution is 0.206. The molecule has 4 rings (SSSR count). The van der Waals surface area contributed by atoms with E-state index in [-0.39, 0.29) is 29.6 Å². The van der Waals surface area contributed by atoms with Crippen LogP contribution in [0.3, 0.4) is 0 Å². The standard InChI is InChI=1S/C18H17ClN2O3S/c19-15-9-5-4-6-13(15)10-20-16-11-25(23,24)12-17(16)21(18(20)22)14-7-2-1-3-8-14/h1-9,16-17H,10-12H2/t16-,17-/m1/s1. The second-order valence-corrected chi connectivity index (χ2v) is 8.98. The van der Waals surface area contributed by atoms with E-state index in [1.165, 1.54) is 0 Å². The minimum absolute atomic E-state index is 0.00266. The van der Waals surface area contributed by atoms with Crippen LogP contribution < -0.4 is 4.90 Å². The third-order valence-electron chi connectivity index (χ3n) is 4.81. The van der Waals surface area contributed by atoms with E-state index in [9.17, 15) is 13.2 Å². The second-order valence-electron chi connectivity index (χ2n) is 6.42. The number of hydrogen-bond acceptors (Lipinski definition) is 3. The van der Waals surface area contributed by atoms with Crippen LogP contribution in [0.5, 0.6) is 0 Å². The molecule has 0 spiro atoms. The summed E-state index contributed by atoms with van der Waals surface area (Å²) in [5.74, 6) is -0.00544. The Morgan fingerprint density at radius 1 is 0.960 bits per heavy atom. The third-order valence-corrected chi connectivity index (χ3v) is 6.88. The summed E-state index contributed by atoms with van der Waals surface area (Å²) in [4.78, 5) is 16.3. The molecule has 25 heavy (non-hydrogen) atoms. The molecule has 0 N–H and O–H groups in total. The van der Waals surface area contributed by atoms with Gasteiger partial charge in [0.2, 0.25) is 0 Å². The Bertz CT molecular complexity index is 917. The first-order chi connectivity index (χ1) is 12.0. The highest BCUT2D eigenvalue weighted by Gasteiger charge is 2.53. The number of fused-ring (bicyclic) bond motifs is 1. The molecule has 2 aromatic carbocycles. The zero-order valence-electron chi connectivity index (χ0n) is 13.4. The molecule has 130 valence electrons. The maximum absolute atomic E-state index is 13.1. The number of anilines is 1. The van der Waals surface area contributed by atoms with Gasteiger partial charge >= 0.3 is 6.03 Å². The van der Waals surface area contributed by atoms with Crippen molar-refractivity contribution in [1.29, 1.82) is 0 Å². The molecule has 5 nitrogen and oxygen atoms in total. The van der Waals surface area contributed by atoms with Crippen LogP contribution in [-0.2, 0) is 16.4 Å². The number of sulfone groups is 1. The number of urea groups is 1. The molecule has 0 aliphatic carbocycles. The van der Waals surface area contributed by atoms with Crippen LogP contribution >= 0.6 is 11.6 Å². The third kappa shape index (κ3) is 2.89. The zero-order valence-corrected chi connectivity index (χ0v) is 14.9. The van der Waals surface area contributed by atoms with E-state index in [4.69, 9.17) is 11.6 Å². The van der Waals surface area contributed by atoms with Crippen molar-refractivity contribution in [3.63, 3.8) is 0 Å². The van der Waals surface area contributed by atoms with Gasteiger partial charge in [-0.15, -0.1) is 0 Å². The maximum Gasteiger partial charge on any atom is 0.325 e. The van der Waals surface area contributed by atoms with Crippen molar-refractivity contribution in [2.24, 2.45) is 0 Å². The van der Waals surface area contributed by atoms with Gasteiger partial charge < -0.3 is 4.90 Å². The van der Waals surface area contributed by atoms with Crippen LogP contribution in [0.15, 0.2) is 54.6 Å². The Labute approximate surface area is 151 Å². The van der Waals surface area contributed by atoms with E-state index in [1.807, 2.05) is 48.5 Å². The lowest BCUT2D eigenvalue weighted by atomic mass is 10.1. The molecule has 0 aromatic heterocycles. The molecule has 0 bridgehead atoms. The Kier molecular flexibility index (Phi) is 3.96. The summed E-state index contributed by atoms with van der Waals surface area (Å²) in [5.41, 5.74) is 1.54. The monoisotopic (exact) mass is 376 g/mol. The highest BCUT2D eigenvalue weighted by molar-refractivity contribution is 7.91. The summed E-state index contributed by atoms with van der Waals surface area (Å²) in [7, 11) is -3.17. The molecule has 2 amide bonds. The van der Waals surface area contributed by atoms with Gasteiger partial charge in [-0.05, 0) is 23.8 Å². The number of halogens is 1. The normalized spacial score (nSPS) is 24.6. The smallest absolute Gasteiger partial charge is 0.314 e. The van der Waals surface area contributed by atoms with Gasteiger partial charge in [-0.2, -0.15) is 0 Å². The van der Waals surface area contributed by atoms with E-state index in [0.29, 0.717) is 11.6 Å². The molecule has 2 saturated heterocycles. The number of benzene rings is 2. The first-order valence-corrected chi connectivity index (χ1v) is 10.2. The van der Waals surface area contributed by atoms with E-state index in [0.717, 1.165) is 11.3 Å². The number of rotatable bonds is 3. The van der Waals surface area contributed by atoms with Crippen molar-refractivity contribution in [2.45, 2.75) is 18.6 Å². The number of amides is 2. The summed E-state index contributed by atoms with van der Waals surface area (Å²) < 4.78 is 24.4. The summed E-state index contributed by atoms with van der Waals surface area (Å²) >= 11 is 6.23. The SMILES string of the molecule is O=C1N(Cc2ccccc2Cl)[C@@H]2CS(=O)(=O)C[C@H]2N1c1ccccc1. The second kappa shape index (κ2) is 6.04. The topological polar surface area (TPSA) is 57.7 Å². The van der Waals surface area contributed by atoms with Crippen LogP contribution in [0.4, 0.5) is 10.5 Å². The lowest BCUT2D eigenvalue weighted by Crippen LogP contribution is -2.37. The molecule has 2 heterocycles. The average molecular weight is 377 g/mol. The number of nitrogens with zero attached hydrogens (tertiary/aromatic N) is 2. The predicted molar refractivity (Wildman–Crippen MR) is 97.5 cm³/mol. The van der Waals surface area contributed by atoms with Crippen LogP contribution in [0.2, 0.25) is 5.02 Å². The minimum Gasteiger partial charge on any atom is -0.314 e. The van der Waals surface area contributed by atoms with Crippen molar-refractivity contribution < 1.29 is 13.2 Å². The molecular weight excluding hydrogens is 360 g/mol. The summed E-state index contributed by atoms with van der Waals surface area (Å²) in [5, 5.41) is 0.575. The molecule has 2 aliphatic rings. The quantitative estimate of drug-likeness (QED) is 0.774. The van der Waals surface area contributed by atoms with Gasteiger partial charge in [-0.1, -0.05) is 48.0 Å². The van der Waals surface area contributed by atoms with E-state index in [1.54, 1.807) is 15.9 Å². The van der Waals surface area contributed by atoms with Crippen molar-refractivity contribution in [3.8, 4) is 0 Å². The van der Waals surface area contributed by atoms with Gasteiger partial charge in [0.1, 0.15) is 0 Å². The fourth-order valence-electron chi connectivity index (χ4n) is 3.66. The molecule has 2 atom stereocenters. The number of carbonyl (C=O) groups excluding carboxylic acids is 1. The van der Waals surface area contributed by atoms with Gasteiger partial charge in [0.05, 0.1) is 23.6 Å². The Morgan fingerprint density at radius 3 is 2.32 bits per heavy atom. The van der Waals surface area contributed by atoms with Crippen molar-refractivity contribution in [2.75, 3.05) is 16.4 Å². The summed E-state index contributed by atoms with van der Waals surface area (Å²) in [6, 6.07) is 15.7. The number of hydrogen-bond donors (Lipinski definition) is 0. The van der Waals surface area contributed by atoms with Crippen LogP contribution in [0, 0.1) is 0 Å². The van der Waals surface area contributed by atoms with Gasteiger partial charge in [-0.3, -0.25) is 4.90 Å². The lowest BCUT2D eigenvalue weighted by Gasteiger charge is -2.23. The summed E-state index contributed by atoms with van der Waals surface area (Å²) in [6.07, 6.45) is 0. The number of para-hydroxylation sites is 1. The Hall–Kier alpha value is -2.05. The Balaban J connectivity index is 1.72. The number of carbonyl (C=O) groups is 1. The van der Waals surface area contributed by atoms with Crippen molar-refractivity contribution in [3.05, 3.63) is 65.2 Å². The van der Waals surface area contributed by atoms with Crippen LogP contribution in [-0.4, -0.2) is 42.9 Å². The molecule has 2 aromatic rings. The molecule has 0 saturated carbocycles. The highest BCUT2D eigenvalue weighted by atomic mass is 35.5. The molecule has 7 heteroatoms. The molecule has 0 unspecified atom stereocenters. The van der Waals surface area contributed by atoms with Gasteiger partial charge in [0, 0.05) is 17.3 Å². The predicted octanol–water partition coefficient (Wildman–Crippen LogP) is 2.95. The zero-order chi connectivity index (χ0) is 17.6. The van der Waals surface area contributed by atoms with E-state index < -0.39 is 9.84 Å². The largest absolute Gasteiger partial charge is 0.325 e. The van der Waals surface area contributed by atoms with Crippen LogP contribution in [0.1, 0.15) is 5.56 Å². The fraction of sp³-hybridized carbons (Fsp3) is 0.278. The maximum atomic E-state index is 13.1. The molecule has 2 fully saturated rings. The Morgan fingerprint density at radius 2 is 1.60 bits per heavy atom. The fourth-order valence-corrected chi connectivity index (χ4v) is 5.81. The summed E-state index contributed by atoms with van der Waals surface area (Å²) in [6.45, 7) is 0.304. The molecule has 2 aliphatic heterocycles. The molecule has 0 radical (unpaired) electrons. The first-order valence-electron chi connectivity index (χ1n) is 8.05. The van der Waals surface area contributed by atoms with Crippen molar-refractivity contribution >= 4 is 33.2 Å². The van der Waals surface area contributed by atoms with Gasteiger partial charge in [0.25, 0.3) is 0 Å². The van der Waals surface area contributed by atoms with E-state index >= 15 is 0 Å².